The fourth-order valence-electron chi connectivity index (χ4n) is 2.29. The monoisotopic (exact) mass is 508 g/mol. The van der Waals surface area contributed by atoms with E-state index in [4.69, 9.17) is 5.73 Å². The molecule has 1 saturated heterocycles. The molecule has 3 heterocycles. The normalized spacial score (nSPS) is 15.4. The van der Waals surface area contributed by atoms with E-state index in [1.807, 2.05) is 6.07 Å². The topological polar surface area (TPSA) is 70.6 Å². The van der Waals surface area contributed by atoms with Crippen LogP contribution in [-0.2, 0) is 6.54 Å². The van der Waals surface area contributed by atoms with E-state index >= 15 is 0 Å². The van der Waals surface area contributed by atoms with Gasteiger partial charge < -0.3 is 15.5 Å². The average Bonchev–Trinajstić information content (AvgIpc) is 2.99. The summed E-state index contributed by atoms with van der Waals surface area (Å²) in [5.74, 6) is 1.39. The van der Waals surface area contributed by atoms with Crippen LogP contribution in [0.2, 0.25) is 0 Å². The minimum Gasteiger partial charge on any atom is -0.370 e. The van der Waals surface area contributed by atoms with Gasteiger partial charge >= 0.3 is 0 Å². The van der Waals surface area contributed by atoms with Crippen LogP contribution < -0.4 is 10.6 Å². The summed E-state index contributed by atoms with van der Waals surface area (Å²) in [5.41, 5.74) is 6.11. The predicted molar refractivity (Wildman–Crippen MR) is 109 cm³/mol. The van der Waals surface area contributed by atoms with Crippen LogP contribution in [0.25, 0.3) is 0 Å². The van der Waals surface area contributed by atoms with Gasteiger partial charge in [0.15, 0.2) is 5.96 Å². The minimum atomic E-state index is 0. The van der Waals surface area contributed by atoms with Crippen LogP contribution >= 0.6 is 51.2 Å². The molecular formula is C14H18BrIN6S. The highest BCUT2D eigenvalue weighted by atomic mass is 127. The van der Waals surface area contributed by atoms with Crippen molar-refractivity contribution in [2.45, 2.75) is 6.54 Å². The van der Waals surface area contributed by atoms with Gasteiger partial charge in [-0.3, -0.25) is 0 Å². The van der Waals surface area contributed by atoms with Crippen LogP contribution in [-0.4, -0.2) is 47.0 Å². The lowest BCUT2D eigenvalue weighted by Gasteiger charge is -2.35. The molecule has 0 unspecified atom stereocenters. The van der Waals surface area contributed by atoms with E-state index in [0.29, 0.717) is 12.5 Å². The molecule has 1 aliphatic heterocycles. The number of aromatic nitrogens is 2. The molecule has 1 aliphatic rings. The summed E-state index contributed by atoms with van der Waals surface area (Å²) in [6.07, 6.45) is 3.54. The Kier molecular flexibility index (Phi) is 7.03. The lowest BCUT2D eigenvalue weighted by atomic mass is 10.3. The van der Waals surface area contributed by atoms with E-state index in [-0.39, 0.29) is 24.0 Å². The zero-order valence-electron chi connectivity index (χ0n) is 12.4. The predicted octanol–water partition coefficient (Wildman–Crippen LogP) is 2.56. The van der Waals surface area contributed by atoms with Crippen molar-refractivity contribution in [3.8, 4) is 0 Å². The Bertz CT molecular complexity index is 642. The van der Waals surface area contributed by atoms with Crippen LogP contribution in [0.1, 0.15) is 4.88 Å². The van der Waals surface area contributed by atoms with Gasteiger partial charge in [-0.15, -0.1) is 35.3 Å². The van der Waals surface area contributed by atoms with Crippen LogP contribution in [0.4, 0.5) is 5.95 Å². The van der Waals surface area contributed by atoms with Crippen molar-refractivity contribution in [2.24, 2.45) is 10.7 Å². The third-order valence-corrected chi connectivity index (χ3v) is 5.14. The largest absolute Gasteiger partial charge is 0.370 e. The highest BCUT2D eigenvalue weighted by molar-refractivity contribution is 14.0. The minimum absolute atomic E-state index is 0. The lowest BCUT2D eigenvalue weighted by Crippen LogP contribution is -2.51. The number of thiophene rings is 1. The summed E-state index contributed by atoms with van der Waals surface area (Å²) >= 11 is 5.13. The standard InChI is InChI=1S/C14H17BrN6S.HI/c15-11-8-12(22-10-11)9-19-13(16)20-4-6-21(7-5-20)14-17-2-1-3-18-14;/h1-3,8,10H,4-7,9H2,(H2,16,19);1H. The zero-order chi connectivity index (χ0) is 15.4. The molecule has 6 nitrogen and oxygen atoms in total. The molecule has 1 fully saturated rings. The maximum absolute atomic E-state index is 6.11. The molecule has 124 valence electrons. The molecule has 3 rings (SSSR count). The summed E-state index contributed by atoms with van der Waals surface area (Å²) in [7, 11) is 0. The quantitative estimate of drug-likeness (QED) is 0.392. The highest BCUT2D eigenvalue weighted by Gasteiger charge is 2.19. The van der Waals surface area contributed by atoms with Gasteiger partial charge in [-0.1, -0.05) is 0 Å². The molecule has 0 saturated carbocycles. The smallest absolute Gasteiger partial charge is 0.225 e. The number of aliphatic imine (C=N–C) groups is 1. The maximum Gasteiger partial charge on any atom is 0.225 e. The molecule has 0 spiro atoms. The van der Waals surface area contributed by atoms with Gasteiger partial charge in [-0.2, -0.15) is 0 Å². The van der Waals surface area contributed by atoms with Crippen LogP contribution in [0.3, 0.4) is 0 Å². The fourth-order valence-corrected chi connectivity index (χ4v) is 3.66. The summed E-state index contributed by atoms with van der Waals surface area (Å²) < 4.78 is 1.10. The first-order chi connectivity index (χ1) is 10.7. The maximum atomic E-state index is 6.11. The van der Waals surface area contributed by atoms with Crippen molar-refractivity contribution in [1.29, 1.82) is 0 Å². The van der Waals surface area contributed by atoms with Crippen LogP contribution in [0, 0.1) is 0 Å². The van der Waals surface area contributed by atoms with Crippen molar-refractivity contribution in [2.75, 3.05) is 31.1 Å². The molecule has 0 aromatic carbocycles. The van der Waals surface area contributed by atoms with Crippen molar-refractivity contribution >= 4 is 63.2 Å². The van der Waals surface area contributed by atoms with Crippen molar-refractivity contribution < 1.29 is 0 Å². The van der Waals surface area contributed by atoms with Crippen molar-refractivity contribution in [3.05, 3.63) is 39.3 Å². The van der Waals surface area contributed by atoms with Gasteiger partial charge in [0, 0.05) is 53.3 Å². The van der Waals surface area contributed by atoms with E-state index in [2.05, 4.69) is 52.1 Å². The van der Waals surface area contributed by atoms with E-state index < -0.39 is 0 Å². The van der Waals surface area contributed by atoms with E-state index in [0.717, 1.165) is 36.6 Å². The number of rotatable bonds is 3. The average molecular weight is 509 g/mol. The third-order valence-electron chi connectivity index (χ3n) is 3.46. The number of hydrogen-bond donors (Lipinski definition) is 1. The number of halogens is 2. The Morgan fingerprint density at radius 1 is 1.26 bits per heavy atom. The highest BCUT2D eigenvalue weighted by Crippen LogP contribution is 2.20. The lowest BCUT2D eigenvalue weighted by molar-refractivity contribution is 0.378. The molecule has 9 heteroatoms. The van der Waals surface area contributed by atoms with Gasteiger partial charge in [0.1, 0.15) is 0 Å². The molecule has 0 aliphatic carbocycles. The number of hydrogen-bond acceptors (Lipinski definition) is 5. The Hall–Kier alpha value is -0.940. The SMILES string of the molecule is I.NC(=NCc1cc(Br)cs1)N1CCN(c2ncccn2)CC1. The number of piperazine rings is 1. The van der Waals surface area contributed by atoms with Crippen LogP contribution in [0.5, 0.6) is 0 Å². The number of nitrogens with zero attached hydrogens (tertiary/aromatic N) is 5. The van der Waals surface area contributed by atoms with E-state index in [1.54, 1.807) is 23.7 Å². The first-order valence-electron chi connectivity index (χ1n) is 7.02. The zero-order valence-corrected chi connectivity index (χ0v) is 17.2. The first kappa shape index (κ1) is 18.4. The van der Waals surface area contributed by atoms with Gasteiger partial charge in [-0.05, 0) is 28.1 Å². The molecule has 2 aromatic heterocycles. The second-order valence-corrected chi connectivity index (χ2v) is 6.84. The Labute approximate surface area is 165 Å². The van der Waals surface area contributed by atoms with Crippen molar-refractivity contribution in [1.82, 2.24) is 14.9 Å². The fraction of sp³-hybridized carbons (Fsp3) is 0.357. The molecule has 0 atom stereocenters. The van der Waals surface area contributed by atoms with Crippen molar-refractivity contribution in [3.63, 3.8) is 0 Å². The molecule has 2 aromatic rings. The Morgan fingerprint density at radius 3 is 2.57 bits per heavy atom. The van der Waals surface area contributed by atoms with Gasteiger partial charge in [0.05, 0.1) is 6.54 Å². The van der Waals surface area contributed by atoms with Gasteiger partial charge in [-0.25, -0.2) is 15.0 Å². The molecule has 23 heavy (non-hydrogen) atoms. The van der Waals surface area contributed by atoms with E-state index in [1.165, 1.54) is 4.88 Å². The number of anilines is 1. The molecule has 0 amide bonds. The Balaban J connectivity index is 0.00000192. The molecule has 0 bridgehead atoms. The van der Waals surface area contributed by atoms with Gasteiger partial charge in [0.25, 0.3) is 0 Å². The summed E-state index contributed by atoms with van der Waals surface area (Å²) in [6.45, 7) is 4.00. The second-order valence-electron chi connectivity index (χ2n) is 4.93. The summed E-state index contributed by atoms with van der Waals surface area (Å²) in [4.78, 5) is 18.5. The Morgan fingerprint density at radius 2 is 1.96 bits per heavy atom. The molecule has 2 N–H and O–H groups in total. The summed E-state index contributed by atoms with van der Waals surface area (Å²) in [5, 5.41) is 2.06. The summed E-state index contributed by atoms with van der Waals surface area (Å²) in [6, 6.07) is 3.90. The second kappa shape index (κ2) is 8.78. The molecule has 0 radical (unpaired) electrons. The molecular weight excluding hydrogens is 491 g/mol. The van der Waals surface area contributed by atoms with Gasteiger partial charge in [0.2, 0.25) is 5.95 Å². The van der Waals surface area contributed by atoms with Crippen LogP contribution in [0.15, 0.2) is 39.4 Å². The first-order valence-corrected chi connectivity index (χ1v) is 8.69. The number of guanidine groups is 1. The van der Waals surface area contributed by atoms with E-state index in [9.17, 15) is 0 Å². The number of nitrogens with two attached hydrogens (primary N) is 1. The third kappa shape index (κ3) is 5.01.